The van der Waals surface area contributed by atoms with Gasteiger partial charge in [-0.2, -0.15) is 0 Å². The van der Waals surface area contributed by atoms with Crippen LogP contribution in [0.25, 0.3) is 0 Å². The quantitative estimate of drug-likeness (QED) is 0.524. The van der Waals surface area contributed by atoms with Crippen LogP contribution in [0, 0.1) is 19.8 Å². The second kappa shape index (κ2) is 10.1. The molecule has 1 amide bonds. The SMILES string of the molecule is Cc1csc([C@H](CCN2[C@H]3CC[C@H]2CC(n2c(C)nnc2C(C)C)C3)NC(=O)C2CCCC2)c1. The summed E-state index contributed by atoms with van der Waals surface area (Å²) in [4.78, 5) is 17.1. The summed E-state index contributed by atoms with van der Waals surface area (Å²) in [5, 5.41) is 14.6. The van der Waals surface area contributed by atoms with Crippen molar-refractivity contribution in [2.75, 3.05) is 6.54 Å². The summed E-state index contributed by atoms with van der Waals surface area (Å²) >= 11 is 1.80. The first-order valence-corrected chi connectivity index (χ1v) is 14.3. The summed E-state index contributed by atoms with van der Waals surface area (Å²) in [6.45, 7) is 9.76. The zero-order chi connectivity index (χ0) is 23.8. The monoisotopic (exact) mass is 483 g/mol. The highest BCUT2D eigenvalue weighted by atomic mass is 32.1. The van der Waals surface area contributed by atoms with E-state index in [4.69, 9.17) is 0 Å². The van der Waals surface area contributed by atoms with E-state index in [-0.39, 0.29) is 17.9 Å². The number of nitrogens with zero attached hydrogens (tertiary/aromatic N) is 4. The molecule has 3 fully saturated rings. The Bertz CT molecular complexity index is 977. The van der Waals surface area contributed by atoms with Crippen molar-refractivity contribution in [1.82, 2.24) is 25.0 Å². The number of carbonyl (C=O) groups is 1. The molecule has 3 aliphatic rings. The number of aryl methyl sites for hydroxylation is 2. The Hall–Kier alpha value is -1.73. The van der Waals surface area contributed by atoms with Gasteiger partial charge in [0, 0.05) is 41.4 Å². The Labute approximate surface area is 208 Å². The summed E-state index contributed by atoms with van der Waals surface area (Å²) in [5.74, 6) is 3.09. The van der Waals surface area contributed by atoms with Crippen LogP contribution >= 0.6 is 11.3 Å². The molecule has 3 atom stereocenters. The Balaban J connectivity index is 1.26. The highest BCUT2D eigenvalue weighted by Gasteiger charge is 2.42. The largest absolute Gasteiger partial charge is 0.348 e. The maximum atomic E-state index is 13.0. The van der Waals surface area contributed by atoms with Gasteiger partial charge in [0.15, 0.2) is 0 Å². The minimum atomic E-state index is 0.136. The van der Waals surface area contributed by atoms with Gasteiger partial charge in [0.1, 0.15) is 11.6 Å². The minimum absolute atomic E-state index is 0.136. The number of aromatic nitrogens is 3. The van der Waals surface area contributed by atoms with Crippen LogP contribution in [0.4, 0.5) is 0 Å². The zero-order valence-electron chi connectivity index (χ0n) is 21.3. The van der Waals surface area contributed by atoms with Crippen molar-refractivity contribution in [3.8, 4) is 0 Å². The summed E-state index contributed by atoms with van der Waals surface area (Å²) in [6.07, 6.45) is 10.5. The van der Waals surface area contributed by atoms with Gasteiger partial charge in [0.25, 0.3) is 0 Å². The van der Waals surface area contributed by atoms with E-state index in [1.54, 1.807) is 11.3 Å². The first-order chi connectivity index (χ1) is 16.4. The molecule has 2 aliphatic heterocycles. The van der Waals surface area contributed by atoms with Gasteiger partial charge in [0.2, 0.25) is 5.91 Å². The number of carbonyl (C=O) groups excluding carboxylic acids is 1. The van der Waals surface area contributed by atoms with Gasteiger partial charge in [-0.25, -0.2) is 0 Å². The number of hydrogen-bond acceptors (Lipinski definition) is 5. The molecule has 1 aliphatic carbocycles. The second-order valence-electron chi connectivity index (χ2n) is 11.2. The number of rotatable bonds is 8. The molecule has 4 heterocycles. The Morgan fingerprint density at radius 1 is 1.09 bits per heavy atom. The second-order valence-corrected chi connectivity index (χ2v) is 12.2. The Kier molecular flexibility index (Phi) is 7.12. The summed E-state index contributed by atoms with van der Waals surface area (Å²) in [5.41, 5.74) is 1.30. The summed E-state index contributed by atoms with van der Waals surface area (Å²) in [6, 6.07) is 4.17. The lowest BCUT2D eigenvalue weighted by Crippen LogP contribution is -2.45. The van der Waals surface area contributed by atoms with Crippen LogP contribution in [0.1, 0.15) is 112 Å². The molecule has 5 rings (SSSR count). The molecule has 0 unspecified atom stereocenters. The van der Waals surface area contributed by atoms with Gasteiger partial charge in [-0.15, -0.1) is 21.5 Å². The van der Waals surface area contributed by atoms with Crippen LogP contribution < -0.4 is 5.32 Å². The van der Waals surface area contributed by atoms with Gasteiger partial charge in [0.05, 0.1) is 6.04 Å². The first kappa shape index (κ1) is 24.0. The van der Waals surface area contributed by atoms with E-state index in [0.717, 1.165) is 37.5 Å². The average Bonchev–Trinajstić information content (AvgIpc) is 3.59. The summed E-state index contributed by atoms with van der Waals surface area (Å²) < 4.78 is 2.44. The average molecular weight is 484 g/mol. The molecule has 2 aromatic heterocycles. The third-order valence-corrected chi connectivity index (χ3v) is 9.61. The molecule has 0 radical (unpaired) electrons. The molecule has 0 spiro atoms. The maximum Gasteiger partial charge on any atom is 0.223 e. The molecule has 34 heavy (non-hydrogen) atoms. The third kappa shape index (κ3) is 4.83. The van der Waals surface area contributed by atoms with E-state index >= 15 is 0 Å². The van der Waals surface area contributed by atoms with E-state index in [9.17, 15) is 4.79 Å². The van der Waals surface area contributed by atoms with Crippen LogP contribution in [0.2, 0.25) is 0 Å². The molecule has 0 aromatic carbocycles. The Morgan fingerprint density at radius 2 is 1.79 bits per heavy atom. The van der Waals surface area contributed by atoms with E-state index in [1.807, 2.05) is 0 Å². The predicted octanol–water partition coefficient (Wildman–Crippen LogP) is 5.69. The topological polar surface area (TPSA) is 63.1 Å². The lowest BCUT2D eigenvalue weighted by Gasteiger charge is -2.40. The molecule has 2 aromatic rings. The first-order valence-electron chi connectivity index (χ1n) is 13.4. The number of piperidine rings is 1. The fourth-order valence-corrected chi connectivity index (χ4v) is 7.71. The van der Waals surface area contributed by atoms with Crippen LogP contribution in [-0.2, 0) is 4.79 Å². The molecular weight excluding hydrogens is 442 g/mol. The van der Waals surface area contributed by atoms with E-state index in [0.29, 0.717) is 24.0 Å². The van der Waals surface area contributed by atoms with Crippen LogP contribution in [0.3, 0.4) is 0 Å². The van der Waals surface area contributed by atoms with Crippen molar-refractivity contribution in [2.24, 2.45) is 5.92 Å². The fraction of sp³-hybridized carbons (Fsp3) is 0.741. The standard InChI is InChI=1S/C27H41N5OS/c1-17(2)26-30-29-19(4)32(26)23-14-21-9-10-22(15-23)31(21)12-11-24(25-13-18(3)16-34-25)28-27(33)20-7-5-6-8-20/h13,16-17,20-24H,5-12,14-15H2,1-4H3,(H,28,33)/t21-,22-,24-/m0/s1. The molecule has 7 heteroatoms. The van der Waals surface area contributed by atoms with Gasteiger partial charge < -0.3 is 9.88 Å². The normalized spacial score (nSPS) is 26.4. The van der Waals surface area contributed by atoms with Crippen molar-refractivity contribution in [1.29, 1.82) is 0 Å². The van der Waals surface area contributed by atoms with Crippen molar-refractivity contribution < 1.29 is 4.79 Å². The highest BCUT2D eigenvalue weighted by molar-refractivity contribution is 7.10. The van der Waals surface area contributed by atoms with Crippen LogP contribution in [0.15, 0.2) is 11.4 Å². The highest BCUT2D eigenvalue weighted by Crippen LogP contribution is 2.42. The van der Waals surface area contributed by atoms with Crippen molar-refractivity contribution >= 4 is 17.2 Å². The Morgan fingerprint density at radius 3 is 2.41 bits per heavy atom. The van der Waals surface area contributed by atoms with Crippen LogP contribution in [-0.4, -0.2) is 44.2 Å². The zero-order valence-corrected chi connectivity index (χ0v) is 22.1. The molecular formula is C27H41N5OS. The van der Waals surface area contributed by atoms with E-state index in [1.165, 1.54) is 49.0 Å². The maximum absolute atomic E-state index is 13.0. The van der Waals surface area contributed by atoms with Gasteiger partial charge in [-0.3, -0.25) is 9.69 Å². The third-order valence-electron chi connectivity index (χ3n) is 8.45. The number of nitrogens with one attached hydrogen (secondary N) is 1. The van der Waals surface area contributed by atoms with Crippen LogP contribution in [0.5, 0.6) is 0 Å². The lowest BCUT2D eigenvalue weighted by molar-refractivity contribution is -0.125. The molecule has 2 bridgehead atoms. The molecule has 1 N–H and O–H groups in total. The number of amides is 1. The molecule has 6 nitrogen and oxygen atoms in total. The van der Waals surface area contributed by atoms with Crippen molar-refractivity contribution in [3.63, 3.8) is 0 Å². The minimum Gasteiger partial charge on any atom is -0.348 e. The fourth-order valence-electron chi connectivity index (χ4n) is 6.73. The van der Waals surface area contributed by atoms with E-state index in [2.05, 4.69) is 64.1 Å². The van der Waals surface area contributed by atoms with Gasteiger partial charge in [-0.05, 0) is 75.8 Å². The number of thiophene rings is 1. The number of hydrogen-bond donors (Lipinski definition) is 1. The lowest BCUT2D eigenvalue weighted by atomic mass is 9.95. The van der Waals surface area contributed by atoms with Gasteiger partial charge >= 0.3 is 0 Å². The van der Waals surface area contributed by atoms with Crippen molar-refractivity contribution in [2.45, 2.75) is 116 Å². The van der Waals surface area contributed by atoms with Gasteiger partial charge in [-0.1, -0.05) is 26.7 Å². The molecule has 2 saturated heterocycles. The summed E-state index contributed by atoms with van der Waals surface area (Å²) in [7, 11) is 0. The predicted molar refractivity (Wildman–Crippen MR) is 137 cm³/mol. The number of fused-ring (bicyclic) bond motifs is 2. The molecule has 1 saturated carbocycles. The molecule has 186 valence electrons. The van der Waals surface area contributed by atoms with Crippen molar-refractivity contribution in [3.05, 3.63) is 33.5 Å². The smallest absolute Gasteiger partial charge is 0.223 e. The van der Waals surface area contributed by atoms with E-state index < -0.39 is 0 Å².